The largest absolute Gasteiger partial charge is 0.394 e. The molecule has 9 nitrogen and oxygen atoms in total. The van der Waals surface area contributed by atoms with Crippen molar-refractivity contribution in [3.8, 4) is 0 Å². The molecule has 0 saturated carbocycles. The summed E-state index contributed by atoms with van der Waals surface area (Å²) >= 11 is 0. The number of nitrogens with two attached hydrogens (primary N) is 1. The highest BCUT2D eigenvalue weighted by molar-refractivity contribution is 5.81. The number of ether oxygens (including phenoxy) is 3. The molecule has 2 fully saturated rings. The van der Waals surface area contributed by atoms with Crippen LogP contribution in [0.2, 0.25) is 0 Å². The summed E-state index contributed by atoms with van der Waals surface area (Å²) in [6.45, 7) is -0.181. The molecule has 0 bridgehead atoms. The van der Waals surface area contributed by atoms with Gasteiger partial charge in [0.05, 0.1) is 12.9 Å². The van der Waals surface area contributed by atoms with Crippen molar-refractivity contribution >= 4 is 23.1 Å². The van der Waals surface area contributed by atoms with Gasteiger partial charge in [0.1, 0.15) is 30.2 Å². The molecule has 0 radical (unpaired) electrons. The fourth-order valence-corrected chi connectivity index (χ4v) is 3.63. The summed E-state index contributed by atoms with van der Waals surface area (Å²) in [4.78, 5) is 12.5. The average molecular weight is 381 g/mol. The van der Waals surface area contributed by atoms with Gasteiger partial charge in [-0.1, -0.05) is 36.4 Å². The first kappa shape index (κ1) is 17.3. The number of hydrogen-bond acceptors (Lipinski definition) is 8. The summed E-state index contributed by atoms with van der Waals surface area (Å²) in [5, 5.41) is 9.73. The lowest BCUT2D eigenvalue weighted by molar-refractivity contribution is -0.133. The average Bonchev–Trinajstić information content (AvgIpc) is 3.41. The van der Waals surface area contributed by atoms with E-state index in [1.165, 1.54) is 6.33 Å². The molecule has 2 aromatic heterocycles. The number of aliphatic hydroxyl groups excluding tert-OH is 1. The van der Waals surface area contributed by atoms with E-state index in [1.807, 2.05) is 42.5 Å². The van der Waals surface area contributed by atoms with Gasteiger partial charge < -0.3 is 25.1 Å². The number of aromatic nitrogens is 4. The maximum atomic E-state index is 9.73. The van der Waals surface area contributed by atoms with E-state index in [4.69, 9.17) is 19.9 Å². The van der Waals surface area contributed by atoms with Crippen molar-refractivity contribution in [2.45, 2.75) is 30.8 Å². The van der Waals surface area contributed by atoms with Crippen LogP contribution in [0.4, 0.5) is 5.82 Å². The maximum absolute atomic E-state index is 9.73. The standard InChI is InChI=1S/C19H19N5O4/c20-17-14-18(22-9-21-17)24(10-23-14)19-16-15(12(8-25)26-19)27-13(28-16)7-6-11-4-2-1-3-5-11/h1-7,9-10,12-13,15-16,19,25H,8H2,(H2,20,21,22)/b7-6+/t12?,13-,15-,16?,19?/m1/s1. The van der Waals surface area contributed by atoms with Crippen LogP contribution in [0.25, 0.3) is 17.2 Å². The van der Waals surface area contributed by atoms with Crippen LogP contribution in [0, 0.1) is 0 Å². The highest BCUT2D eigenvalue weighted by Gasteiger charge is 2.53. The SMILES string of the molecule is Nc1ncnc2c1ncn2C1OC(CO)[C@H]2O[C@@H](/C=C/c3ccccc3)OC12. The molecule has 2 aliphatic heterocycles. The van der Waals surface area contributed by atoms with Crippen molar-refractivity contribution in [3.63, 3.8) is 0 Å². The summed E-state index contributed by atoms with van der Waals surface area (Å²) < 4.78 is 19.8. The van der Waals surface area contributed by atoms with Gasteiger partial charge in [0, 0.05) is 0 Å². The van der Waals surface area contributed by atoms with Crippen LogP contribution in [0.15, 0.2) is 49.1 Å². The van der Waals surface area contributed by atoms with Gasteiger partial charge in [-0.15, -0.1) is 0 Å². The fourth-order valence-electron chi connectivity index (χ4n) is 3.63. The normalized spacial score (nSPS) is 29.7. The lowest BCUT2D eigenvalue weighted by Crippen LogP contribution is -2.30. The molecule has 3 N–H and O–H groups in total. The Bertz CT molecular complexity index is 1010. The Morgan fingerprint density at radius 2 is 1.89 bits per heavy atom. The lowest BCUT2D eigenvalue weighted by Gasteiger charge is -2.19. The first-order valence-corrected chi connectivity index (χ1v) is 8.98. The molecule has 4 heterocycles. The van der Waals surface area contributed by atoms with Gasteiger partial charge in [-0.25, -0.2) is 15.0 Å². The molecule has 0 amide bonds. The Morgan fingerprint density at radius 3 is 2.71 bits per heavy atom. The summed E-state index contributed by atoms with van der Waals surface area (Å²) in [7, 11) is 0. The zero-order valence-electron chi connectivity index (χ0n) is 14.8. The third kappa shape index (κ3) is 2.85. The van der Waals surface area contributed by atoms with Crippen LogP contribution < -0.4 is 5.73 Å². The van der Waals surface area contributed by atoms with Crippen LogP contribution in [0.1, 0.15) is 11.8 Å². The number of fused-ring (bicyclic) bond motifs is 2. The fraction of sp³-hybridized carbons (Fsp3) is 0.316. The van der Waals surface area contributed by atoms with Gasteiger partial charge in [0.2, 0.25) is 0 Å². The van der Waals surface area contributed by atoms with Crippen LogP contribution in [0.5, 0.6) is 0 Å². The first-order valence-electron chi connectivity index (χ1n) is 8.98. The number of anilines is 1. The van der Waals surface area contributed by atoms with Gasteiger partial charge in [0.25, 0.3) is 0 Å². The molecule has 2 aliphatic rings. The summed E-state index contributed by atoms with van der Waals surface area (Å²) in [5.41, 5.74) is 7.96. The van der Waals surface area contributed by atoms with E-state index < -0.39 is 30.8 Å². The topological polar surface area (TPSA) is 118 Å². The lowest BCUT2D eigenvalue weighted by atomic mass is 10.1. The monoisotopic (exact) mass is 381 g/mol. The molecule has 144 valence electrons. The van der Waals surface area contributed by atoms with E-state index >= 15 is 0 Å². The van der Waals surface area contributed by atoms with Crippen molar-refractivity contribution in [1.82, 2.24) is 19.5 Å². The minimum absolute atomic E-state index is 0.181. The van der Waals surface area contributed by atoms with Gasteiger partial charge in [0.15, 0.2) is 24.0 Å². The van der Waals surface area contributed by atoms with E-state index in [0.717, 1.165) is 5.56 Å². The van der Waals surface area contributed by atoms with Gasteiger partial charge in [-0.05, 0) is 11.6 Å². The number of imidazole rings is 1. The number of hydrogen-bond donors (Lipinski definition) is 2. The Kier molecular flexibility index (Phi) is 4.29. The summed E-state index contributed by atoms with van der Waals surface area (Å²) in [6.07, 6.45) is 4.34. The first-order chi connectivity index (χ1) is 13.7. The second-order valence-corrected chi connectivity index (χ2v) is 6.67. The van der Waals surface area contributed by atoms with E-state index in [-0.39, 0.29) is 6.61 Å². The third-order valence-corrected chi connectivity index (χ3v) is 4.95. The molecule has 3 aromatic rings. The molecular formula is C19H19N5O4. The minimum atomic E-state index is -0.545. The minimum Gasteiger partial charge on any atom is -0.394 e. The second-order valence-electron chi connectivity index (χ2n) is 6.67. The van der Waals surface area contributed by atoms with E-state index in [0.29, 0.717) is 17.0 Å². The van der Waals surface area contributed by atoms with E-state index in [2.05, 4.69) is 15.0 Å². The van der Waals surface area contributed by atoms with E-state index in [1.54, 1.807) is 10.9 Å². The predicted octanol–water partition coefficient (Wildman–Crippen LogP) is 1.12. The number of benzene rings is 1. The molecule has 5 atom stereocenters. The molecule has 5 rings (SSSR count). The van der Waals surface area contributed by atoms with Crippen LogP contribution in [-0.4, -0.2) is 55.8 Å². The second kappa shape index (κ2) is 6.95. The highest BCUT2D eigenvalue weighted by Crippen LogP contribution is 2.40. The van der Waals surface area contributed by atoms with Crippen molar-refractivity contribution < 1.29 is 19.3 Å². The van der Waals surface area contributed by atoms with Gasteiger partial charge >= 0.3 is 0 Å². The molecule has 2 saturated heterocycles. The molecule has 0 aliphatic carbocycles. The van der Waals surface area contributed by atoms with Crippen molar-refractivity contribution in [1.29, 1.82) is 0 Å². The van der Waals surface area contributed by atoms with Gasteiger partial charge in [-0.2, -0.15) is 0 Å². The third-order valence-electron chi connectivity index (χ3n) is 4.95. The number of nitrogen functional groups attached to an aromatic ring is 1. The Labute approximate surface area is 160 Å². The molecule has 0 spiro atoms. The Morgan fingerprint density at radius 1 is 1.07 bits per heavy atom. The molecular weight excluding hydrogens is 362 g/mol. The summed E-state index contributed by atoms with van der Waals surface area (Å²) in [6, 6.07) is 9.89. The molecule has 1 aromatic carbocycles. The highest BCUT2D eigenvalue weighted by atomic mass is 16.8. The number of aliphatic hydroxyl groups is 1. The van der Waals surface area contributed by atoms with Gasteiger partial charge in [-0.3, -0.25) is 4.57 Å². The molecule has 9 heteroatoms. The van der Waals surface area contributed by atoms with Crippen LogP contribution in [-0.2, 0) is 14.2 Å². The Balaban J connectivity index is 1.42. The smallest absolute Gasteiger partial charge is 0.178 e. The maximum Gasteiger partial charge on any atom is 0.178 e. The number of rotatable bonds is 4. The quantitative estimate of drug-likeness (QED) is 0.690. The van der Waals surface area contributed by atoms with Crippen molar-refractivity contribution in [3.05, 3.63) is 54.6 Å². The molecule has 28 heavy (non-hydrogen) atoms. The number of nitrogens with zero attached hydrogens (tertiary/aromatic N) is 4. The van der Waals surface area contributed by atoms with Crippen molar-refractivity contribution in [2.75, 3.05) is 12.3 Å². The predicted molar refractivity (Wildman–Crippen MR) is 99.7 cm³/mol. The van der Waals surface area contributed by atoms with Crippen molar-refractivity contribution in [2.24, 2.45) is 0 Å². The van der Waals surface area contributed by atoms with Crippen LogP contribution >= 0.6 is 0 Å². The zero-order chi connectivity index (χ0) is 19.1. The van der Waals surface area contributed by atoms with E-state index in [9.17, 15) is 5.11 Å². The Hall–Kier alpha value is -2.85. The molecule has 3 unspecified atom stereocenters. The van der Waals surface area contributed by atoms with Crippen LogP contribution in [0.3, 0.4) is 0 Å². The summed E-state index contributed by atoms with van der Waals surface area (Å²) in [5.74, 6) is 0.296. The zero-order valence-corrected chi connectivity index (χ0v) is 14.8.